The minimum absolute atomic E-state index is 0.0963. The van der Waals surface area contributed by atoms with Crippen LogP contribution in [0.5, 0.6) is 0 Å². The Morgan fingerprint density at radius 2 is 2.04 bits per heavy atom. The van der Waals surface area contributed by atoms with Crippen molar-refractivity contribution < 1.29 is 9.59 Å². The molecule has 0 radical (unpaired) electrons. The number of hydrogen-bond donors (Lipinski definition) is 1. The highest BCUT2D eigenvalue weighted by atomic mass is 16.2. The van der Waals surface area contributed by atoms with Gasteiger partial charge < -0.3 is 5.32 Å². The predicted octanol–water partition coefficient (Wildman–Crippen LogP) is 2.38. The lowest BCUT2D eigenvalue weighted by molar-refractivity contribution is -0.119. The summed E-state index contributed by atoms with van der Waals surface area (Å²) < 4.78 is 1.50. The number of carbonyl (C=O) groups is 2. The third kappa shape index (κ3) is 3.02. The number of benzene rings is 1. The topological polar surface area (TPSA) is 70.5 Å². The molecule has 7 heteroatoms. The molecule has 3 rings (SSSR count). The van der Waals surface area contributed by atoms with Crippen LogP contribution in [0.15, 0.2) is 30.5 Å². The molecule has 0 saturated carbocycles. The maximum absolute atomic E-state index is 13.1. The van der Waals surface area contributed by atoms with Gasteiger partial charge in [-0.05, 0) is 32.5 Å². The number of aromatic nitrogens is 2. The van der Waals surface area contributed by atoms with Crippen LogP contribution >= 0.6 is 0 Å². The van der Waals surface area contributed by atoms with E-state index in [4.69, 9.17) is 0 Å². The summed E-state index contributed by atoms with van der Waals surface area (Å²) >= 11 is 0. The van der Waals surface area contributed by atoms with Crippen molar-refractivity contribution in [3.8, 4) is 0 Å². The summed E-state index contributed by atoms with van der Waals surface area (Å²) in [6.45, 7) is 4.44. The standard InChI is InChI=1S/C18H23N5O2/c1-5-12(2)21(3)11-16(24)23-14-9-7-6-8-13(14)20-18(25)17-15(23)10-19-22(17)4/h6-10,12H,5,11H2,1-4H3,(H,20,25). The molecule has 2 aromatic rings. The number of nitrogens with one attached hydrogen (secondary N) is 1. The minimum atomic E-state index is -0.270. The van der Waals surface area contributed by atoms with Gasteiger partial charge in [-0.2, -0.15) is 5.10 Å². The van der Waals surface area contributed by atoms with Crippen molar-refractivity contribution in [2.75, 3.05) is 23.8 Å². The molecule has 0 saturated heterocycles. The van der Waals surface area contributed by atoms with Crippen molar-refractivity contribution in [2.24, 2.45) is 7.05 Å². The Hall–Kier alpha value is -2.67. The van der Waals surface area contributed by atoms with Crippen LogP contribution in [0, 0.1) is 0 Å². The molecular formula is C18H23N5O2. The predicted molar refractivity (Wildman–Crippen MR) is 97.1 cm³/mol. The highest BCUT2D eigenvalue weighted by Crippen LogP contribution is 2.37. The molecule has 0 spiro atoms. The lowest BCUT2D eigenvalue weighted by atomic mass is 10.2. The third-order valence-electron chi connectivity index (χ3n) is 4.75. The first-order chi connectivity index (χ1) is 11.9. The molecule has 1 N–H and O–H groups in total. The Morgan fingerprint density at radius 1 is 1.32 bits per heavy atom. The van der Waals surface area contributed by atoms with E-state index < -0.39 is 0 Å². The van der Waals surface area contributed by atoms with E-state index in [9.17, 15) is 9.59 Å². The molecule has 2 amide bonds. The average molecular weight is 341 g/mol. The van der Waals surface area contributed by atoms with Crippen LogP contribution in [-0.2, 0) is 11.8 Å². The summed E-state index contributed by atoms with van der Waals surface area (Å²) in [4.78, 5) is 29.3. The summed E-state index contributed by atoms with van der Waals surface area (Å²) in [7, 11) is 3.63. The molecule has 1 aliphatic rings. The van der Waals surface area contributed by atoms with Crippen LogP contribution in [0.1, 0.15) is 30.8 Å². The molecule has 2 heterocycles. The molecule has 1 atom stereocenters. The number of fused-ring (bicyclic) bond motifs is 2. The van der Waals surface area contributed by atoms with Gasteiger partial charge in [-0.3, -0.25) is 24.1 Å². The molecule has 1 aromatic heterocycles. The molecule has 1 unspecified atom stereocenters. The molecule has 1 aliphatic heterocycles. The summed E-state index contributed by atoms with van der Waals surface area (Å²) in [5.41, 5.74) is 2.15. The summed E-state index contributed by atoms with van der Waals surface area (Å²) in [5, 5.41) is 7.05. The van der Waals surface area contributed by atoms with Gasteiger partial charge in [0.2, 0.25) is 5.91 Å². The van der Waals surface area contributed by atoms with Crippen LogP contribution in [-0.4, -0.2) is 46.1 Å². The van der Waals surface area contributed by atoms with E-state index in [1.54, 1.807) is 24.2 Å². The number of anilines is 3. The number of nitrogens with zero attached hydrogens (tertiary/aromatic N) is 4. The fourth-order valence-electron chi connectivity index (χ4n) is 2.96. The van der Waals surface area contributed by atoms with Crippen molar-refractivity contribution in [1.29, 1.82) is 0 Å². The molecular weight excluding hydrogens is 318 g/mol. The third-order valence-corrected chi connectivity index (χ3v) is 4.75. The average Bonchev–Trinajstić information content (AvgIpc) is 2.90. The zero-order valence-electron chi connectivity index (χ0n) is 15.0. The van der Waals surface area contributed by atoms with Gasteiger partial charge in [0, 0.05) is 13.1 Å². The Kier molecular flexibility index (Phi) is 4.59. The van der Waals surface area contributed by atoms with E-state index in [0.717, 1.165) is 6.42 Å². The first-order valence-corrected chi connectivity index (χ1v) is 8.39. The normalized spacial score (nSPS) is 14.6. The van der Waals surface area contributed by atoms with Crippen LogP contribution in [0.3, 0.4) is 0 Å². The fourth-order valence-corrected chi connectivity index (χ4v) is 2.96. The maximum Gasteiger partial charge on any atom is 0.276 e. The molecule has 0 aliphatic carbocycles. The largest absolute Gasteiger partial charge is 0.319 e. The molecule has 132 valence electrons. The Labute approximate surface area is 147 Å². The molecule has 25 heavy (non-hydrogen) atoms. The Bertz CT molecular complexity index is 814. The highest BCUT2D eigenvalue weighted by molar-refractivity contribution is 6.17. The summed E-state index contributed by atoms with van der Waals surface area (Å²) in [6.07, 6.45) is 2.52. The monoisotopic (exact) mass is 341 g/mol. The minimum Gasteiger partial charge on any atom is -0.319 e. The van der Waals surface area contributed by atoms with Gasteiger partial charge >= 0.3 is 0 Å². The zero-order chi connectivity index (χ0) is 18.1. The van der Waals surface area contributed by atoms with Crippen molar-refractivity contribution in [1.82, 2.24) is 14.7 Å². The molecule has 1 aromatic carbocycles. The molecule has 0 bridgehead atoms. The van der Waals surface area contributed by atoms with Crippen LogP contribution < -0.4 is 10.2 Å². The number of hydrogen-bond acceptors (Lipinski definition) is 4. The summed E-state index contributed by atoms with van der Waals surface area (Å²) in [6, 6.07) is 7.61. The van der Waals surface area contributed by atoms with Gasteiger partial charge in [0.15, 0.2) is 0 Å². The van der Waals surface area contributed by atoms with E-state index in [-0.39, 0.29) is 18.4 Å². The number of para-hydroxylation sites is 2. The number of carbonyl (C=O) groups excluding carboxylic acids is 2. The Balaban J connectivity index is 2.06. The first kappa shape index (κ1) is 17.2. The second-order valence-electron chi connectivity index (χ2n) is 6.37. The van der Waals surface area contributed by atoms with E-state index in [0.29, 0.717) is 28.8 Å². The van der Waals surface area contributed by atoms with Crippen LogP contribution in [0.4, 0.5) is 17.1 Å². The number of rotatable bonds is 4. The number of likely N-dealkylation sites (N-methyl/N-ethyl adjacent to an activating group) is 1. The smallest absolute Gasteiger partial charge is 0.276 e. The van der Waals surface area contributed by atoms with Gasteiger partial charge in [-0.1, -0.05) is 19.1 Å². The van der Waals surface area contributed by atoms with Gasteiger partial charge in [0.1, 0.15) is 11.4 Å². The Morgan fingerprint density at radius 3 is 2.76 bits per heavy atom. The van der Waals surface area contributed by atoms with Crippen molar-refractivity contribution in [2.45, 2.75) is 26.3 Å². The van der Waals surface area contributed by atoms with E-state index in [2.05, 4.69) is 24.3 Å². The lowest BCUT2D eigenvalue weighted by Gasteiger charge is -2.27. The second-order valence-corrected chi connectivity index (χ2v) is 6.37. The molecule has 7 nitrogen and oxygen atoms in total. The fraction of sp³-hybridized carbons (Fsp3) is 0.389. The molecule has 0 fully saturated rings. The lowest BCUT2D eigenvalue weighted by Crippen LogP contribution is -2.40. The SMILES string of the molecule is CCC(C)N(C)CC(=O)N1c2ccccc2NC(=O)c2c1cnn2C. The first-order valence-electron chi connectivity index (χ1n) is 8.39. The van der Waals surface area contributed by atoms with Gasteiger partial charge in [-0.25, -0.2) is 0 Å². The van der Waals surface area contributed by atoms with Crippen molar-refractivity contribution in [3.63, 3.8) is 0 Å². The van der Waals surface area contributed by atoms with Crippen molar-refractivity contribution in [3.05, 3.63) is 36.2 Å². The van der Waals surface area contributed by atoms with Crippen LogP contribution in [0.2, 0.25) is 0 Å². The van der Waals surface area contributed by atoms with Gasteiger partial charge in [0.05, 0.1) is 24.1 Å². The maximum atomic E-state index is 13.1. The highest BCUT2D eigenvalue weighted by Gasteiger charge is 2.32. The van der Waals surface area contributed by atoms with E-state index in [1.807, 2.05) is 30.1 Å². The van der Waals surface area contributed by atoms with Crippen molar-refractivity contribution >= 4 is 28.9 Å². The zero-order valence-corrected chi connectivity index (χ0v) is 15.0. The van der Waals surface area contributed by atoms with E-state index >= 15 is 0 Å². The summed E-state index contributed by atoms with van der Waals surface area (Å²) in [5.74, 6) is -0.367. The quantitative estimate of drug-likeness (QED) is 0.927. The van der Waals surface area contributed by atoms with E-state index in [1.165, 1.54) is 4.68 Å². The van der Waals surface area contributed by atoms with Gasteiger partial charge in [-0.15, -0.1) is 0 Å². The second kappa shape index (κ2) is 6.68. The number of aryl methyl sites for hydroxylation is 1. The van der Waals surface area contributed by atoms with Gasteiger partial charge in [0.25, 0.3) is 5.91 Å². The van der Waals surface area contributed by atoms with Crippen LogP contribution in [0.25, 0.3) is 0 Å². The number of amides is 2.